The average Bonchev–Trinajstić information content (AvgIpc) is 2.43. The van der Waals surface area contributed by atoms with Gasteiger partial charge in [-0.2, -0.15) is 0 Å². The maximum Gasteiger partial charge on any atom is 0.216 e. The van der Waals surface area contributed by atoms with Gasteiger partial charge in [0.15, 0.2) is 0 Å². The molecule has 0 fully saturated rings. The number of halogens is 3. The molecule has 0 unspecified atom stereocenters. The summed E-state index contributed by atoms with van der Waals surface area (Å²) in [5, 5.41) is 0.597. The Kier molecular flexibility index (Phi) is 5.45. The van der Waals surface area contributed by atoms with E-state index in [2.05, 4.69) is 4.72 Å². The van der Waals surface area contributed by atoms with Crippen LogP contribution in [0.15, 0.2) is 42.5 Å². The van der Waals surface area contributed by atoms with Crippen LogP contribution in [0.5, 0.6) is 0 Å². The van der Waals surface area contributed by atoms with Gasteiger partial charge in [0.25, 0.3) is 0 Å². The molecule has 118 valence electrons. The lowest BCUT2D eigenvalue weighted by Crippen LogP contribution is -2.28. The highest BCUT2D eigenvalue weighted by Crippen LogP contribution is 2.26. The molecule has 2 aromatic rings. The smallest absolute Gasteiger partial charge is 0.212 e. The zero-order valence-electron chi connectivity index (χ0n) is 11.7. The molecular formula is C15H14Cl2FNO2S. The minimum absolute atomic E-state index is 0.298. The summed E-state index contributed by atoms with van der Waals surface area (Å²) in [4.78, 5) is 0. The molecule has 2 aromatic carbocycles. The SMILES string of the molecule is C[C@@H](NS(=O)(=O)Cc1c(Cl)cccc1Cl)c1ccc(F)cc1. The second-order valence-corrected chi connectivity index (χ2v) is 7.42. The third kappa shape index (κ3) is 4.43. The standard InChI is InChI=1S/C15H14Cl2FNO2S/c1-10(11-5-7-12(18)8-6-11)19-22(20,21)9-13-14(16)3-2-4-15(13)17/h2-8,10,19H,9H2,1H3/t10-/m1/s1. The summed E-state index contributed by atoms with van der Waals surface area (Å²) >= 11 is 12.0. The van der Waals surface area contributed by atoms with Crippen LogP contribution in [0.4, 0.5) is 4.39 Å². The number of sulfonamides is 1. The first-order valence-corrected chi connectivity index (χ1v) is 8.87. The van der Waals surface area contributed by atoms with Gasteiger partial charge in [0.1, 0.15) is 5.82 Å². The van der Waals surface area contributed by atoms with Crippen LogP contribution in [0.25, 0.3) is 0 Å². The summed E-state index contributed by atoms with van der Waals surface area (Å²) in [7, 11) is -3.65. The summed E-state index contributed by atoms with van der Waals surface area (Å²) in [6, 6.07) is 9.96. The Balaban J connectivity index is 2.16. The first-order valence-electron chi connectivity index (χ1n) is 6.47. The van der Waals surface area contributed by atoms with Crippen molar-refractivity contribution in [2.45, 2.75) is 18.7 Å². The average molecular weight is 362 g/mol. The van der Waals surface area contributed by atoms with Crippen molar-refractivity contribution < 1.29 is 12.8 Å². The molecule has 2 rings (SSSR count). The molecule has 1 atom stereocenters. The first-order chi connectivity index (χ1) is 10.3. The lowest BCUT2D eigenvalue weighted by atomic mass is 10.1. The molecular weight excluding hydrogens is 348 g/mol. The Morgan fingerprint density at radius 2 is 1.64 bits per heavy atom. The van der Waals surface area contributed by atoms with E-state index in [1.54, 1.807) is 25.1 Å². The van der Waals surface area contributed by atoms with E-state index in [4.69, 9.17) is 23.2 Å². The summed E-state index contributed by atoms with van der Waals surface area (Å²) in [6.45, 7) is 1.68. The first kappa shape index (κ1) is 17.2. The lowest BCUT2D eigenvalue weighted by molar-refractivity contribution is 0.565. The highest BCUT2D eigenvalue weighted by Gasteiger charge is 2.19. The van der Waals surface area contributed by atoms with Crippen LogP contribution < -0.4 is 4.72 Å². The van der Waals surface area contributed by atoms with Crippen LogP contribution in [0.1, 0.15) is 24.1 Å². The lowest BCUT2D eigenvalue weighted by Gasteiger charge is -2.15. The van der Waals surface area contributed by atoms with Gasteiger partial charge in [-0.05, 0) is 36.8 Å². The number of hydrogen-bond donors (Lipinski definition) is 1. The molecule has 0 aliphatic rings. The molecule has 0 spiro atoms. The van der Waals surface area contributed by atoms with Gasteiger partial charge in [-0.3, -0.25) is 0 Å². The number of rotatable bonds is 5. The van der Waals surface area contributed by atoms with Crippen molar-refractivity contribution in [3.63, 3.8) is 0 Å². The van der Waals surface area contributed by atoms with Gasteiger partial charge in [-0.1, -0.05) is 41.4 Å². The summed E-state index contributed by atoms with van der Waals surface area (Å²) in [6.07, 6.45) is 0. The van der Waals surface area contributed by atoms with E-state index in [0.717, 1.165) is 0 Å². The molecule has 7 heteroatoms. The number of benzene rings is 2. The largest absolute Gasteiger partial charge is 0.216 e. The highest BCUT2D eigenvalue weighted by molar-refractivity contribution is 7.88. The molecule has 0 saturated carbocycles. The summed E-state index contributed by atoms with van der Waals surface area (Å²) < 4.78 is 39.9. The molecule has 0 saturated heterocycles. The van der Waals surface area contributed by atoms with Crippen molar-refractivity contribution >= 4 is 33.2 Å². The molecule has 0 amide bonds. The van der Waals surface area contributed by atoms with E-state index in [9.17, 15) is 12.8 Å². The van der Waals surface area contributed by atoms with E-state index in [1.807, 2.05) is 0 Å². The fourth-order valence-electron chi connectivity index (χ4n) is 1.99. The van der Waals surface area contributed by atoms with E-state index in [1.165, 1.54) is 24.3 Å². The zero-order valence-corrected chi connectivity index (χ0v) is 14.0. The molecule has 0 aliphatic carbocycles. The van der Waals surface area contributed by atoms with Crippen LogP contribution in [-0.4, -0.2) is 8.42 Å². The van der Waals surface area contributed by atoms with Crippen molar-refractivity contribution in [3.8, 4) is 0 Å². The molecule has 0 radical (unpaired) electrons. The van der Waals surface area contributed by atoms with Gasteiger partial charge in [0.2, 0.25) is 10.0 Å². The Morgan fingerprint density at radius 3 is 2.18 bits per heavy atom. The van der Waals surface area contributed by atoms with Gasteiger partial charge in [-0.25, -0.2) is 17.5 Å². The van der Waals surface area contributed by atoms with Crippen LogP contribution in [0.2, 0.25) is 10.0 Å². The maximum atomic E-state index is 12.9. The summed E-state index contributed by atoms with van der Waals surface area (Å²) in [5.41, 5.74) is 1.01. The third-order valence-corrected chi connectivity index (χ3v) is 5.21. The minimum atomic E-state index is -3.65. The van der Waals surface area contributed by atoms with Crippen LogP contribution >= 0.6 is 23.2 Å². The second kappa shape index (κ2) is 6.96. The molecule has 0 aromatic heterocycles. The Morgan fingerprint density at radius 1 is 1.09 bits per heavy atom. The van der Waals surface area contributed by atoms with Crippen molar-refractivity contribution in [3.05, 3.63) is 69.5 Å². The van der Waals surface area contributed by atoms with Crippen molar-refractivity contribution in [2.24, 2.45) is 0 Å². The van der Waals surface area contributed by atoms with E-state index < -0.39 is 16.1 Å². The van der Waals surface area contributed by atoms with Gasteiger partial charge in [-0.15, -0.1) is 0 Å². The number of hydrogen-bond acceptors (Lipinski definition) is 2. The van der Waals surface area contributed by atoms with E-state index >= 15 is 0 Å². The predicted octanol–water partition coefficient (Wildman–Crippen LogP) is 4.31. The maximum absolute atomic E-state index is 12.9. The van der Waals surface area contributed by atoms with Crippen LogP contribution in [0, 0.1) is 5.82 Å². The van der Waals surface area contributed by atoms with Gasteiger partial charge in [0, 0.05) is 21.7 Å². The molecule has 3 nitrogen and oxygen atoms in total. The van der Waals surface area contributed by atoms with Gasteiger partial charge < -0.3 is 0 Å². The Hall–Kier alpha value is -1.14. The predicted molar refractivity (Wildman–Crippen MR) is 87.0 cm³/mol. The van der Waals surface area contributed by atoms with Gasteiger partial charge in [0.05, 0.1) is 5.75 Å². The second-order valence-electron chi connectivity index (χ2n) is 4.85. The van der Waals surface area contributed by atoms with Gasteiger partial charge >= 0.3 is 0 Å². The quantitative estimate of drug-likeness (QED) is 0.861. The fraction of sp³-hybridized carbons (Fsp3) is 0.200. The molecule has 1 N–H and O–H groups in total. The van der Waals surface area contributed by atoms with Crippen molar-refractivity contribution in [1.29, 1.82) is 0 Å². The minimum Gasteiger partial charge on any atom is -0.212 e. The van der Waals surface area contributed by atoms with Crippen LogP contribution in [0.3, 0.4) is 0 Å². The normalized spacial score (nSPS) is 13.1. The molecule has 0 aliphatic heterocycles. The molecule has 22 heavy (non-hydrogen) atoms. The topological polar surface area (TPSA) is 46.2 Å². The summed E-state index contributed by atoms with van der Waals surface area (Å²) in [5.74, 6) is -0.696. The van der Waals surface area contributed by atoms with E-state index in [0.29, 0.717) is 21.2 Å². The number of nitrogens with one attached hydrogen (secondary N) is 1. The third-order valence-electron chi connectivity index (χ3n) is 3.12. The van der Waals surface area contributed by atoms with E-state index in [-0.39, 0.29) is 11.6 Å². The Bertz CT molecular complexity index is 743. The van der Waals surface area contributed by atoms with Crippen molar-refractivity contribution in [1.82, 2.24) is 4.72 Å². The zero-order chi connectivity index (χ0) is 16.3. The monoisotopic (exact) mass is 361 g/mol. The van der Waals surface area contributed by atoms with Crippen LogP contribution in [-0.2, 0) is 15.8 Å². The highest BCUT2D eigenvalue weighted by atomic mass is 35.5. The van der Waals surface area contributed by atoms with Crippen molar-refractivity contribution in [2.75, 3.05) is 0 Å². The Labute approximate surface area is 139 Å². The fourth-order valence-corrected chi connectivity index (χ4v) is 4.13. The molecule has 0 heterocycles. The molecule has 0 bridgehead atoms.